The normalized spacial score (nSPS) is 16.2. The third-order valence-electron chi connectivity index (χ3n) is 3.80. The number of amides is 2. The van der Waals surface area contributed by atoms with Gasteiger partial charge in [0.05, 0.1) is 6.54 Å². The van der Waals surface area contributed by atoms with E-state index in [4.69, 9.17) is 5.84 Å². The summed E-state index contributed by atoms with van der Waals surface area (Å²) in [5.41, 5.74) is 3.42. The average Bonchev–Trinajstić information content (AvgIpc) is 2.99. The lowest BCUT2D eigenvalue weighted by Gasteiger charge is -2.32. The fraction of sp³-hybridized carbons (Fsp3) is 0.571. The van der Waals surface area contributed by atoms with E-state index in [9.17, 15) is 9.59 Å². The molecular weight excluding hydrogens is 288 g/mol. The second-order valence-electron chi connectivity index (χ2n) is 5.47. The smallest absolute Gasteiger partial charge is 0.237 e. The van der Waals surface area contributed by atoms with Crippen LogP contribution in [0.3, 0.4) is 0 Å². The zero-order chi connectivity index (χ0) is 15.2. The van der Waals surface area contributed by atoms with Crippen LogP contribution in [-0.4, -0.2) is 48.3 Å². The molecule has 0 unspecified atom stereocenters. The zero-order valence-corrected chi connectivity index (χ0v) is 13.1. The fourth-order valence-electron chi connectivity index (χ4n) is 2.59. The lowest BCUT2D eigenvalue weighted by atomic mass is 9.96. The van der Waals surface area contributed by atoms with E-state index in [0.29, 0.717) is 32.5 Å². The molecule has 3 N–H and O–H groups in total. The van der Waals surface area contributed by atoms with Crippen molar-refractivity contribution in [2.45, 2.75) is 19.4 Å². The van der Waals surface area contributed by atoms with Crippen molar-refractivity contribution >= 4 is 23.2 Å². The maximum atomic E-state index is 12.2. The molecule has 0 radical (unpaired) electrons. The standard InChI is InChI=1S/C14H22N4O2S/c1-17(8-11-4-7-21-10-11)9-13(19)18-5-2-12(3-6-18)14(20)16-15/h4,7,10,12H,2-3,5-6,8-9,15H2,1H3,(H,16,20). The van der Waals surface area contributed by atoms with Crippen LogP contribution in [-0.2, 0) is 16.1 Å². The highest BCUT2D eigenvalue weighted by molar-refractivity contribution is 7.07. The number of thiophene rings is 1. The first-order chi connectivity index (χ1) is 10.1. The molecule has 1 aromatic rings. The van der Waals surface area contributed by atoms with Crippen molar-refractivity contribution < 1.29 is 9.59 Å². The summed E-state index contributed by atoms with van der Waals surface area (Å²) in [4.78, 5) is 27.6. The van der Waals surface area contributed by atoms with E-state index >= 15 is 0 Å². The first-order valence-electron chi connectivity index (χ1n) is 7.08. The minimum atomic E-state index is -0.128. The predicted octanol–water partition coefficient (Wildman–Crippen LogP) is 0.408. The van der Waals surface area contributed by atoms with Crippen LogP contribution in [0, 0.1) is 5.92 Å². The number of hydrogen-bond donors (Lipinski definition) is 2. The summed E-state index contributed by atoms with van der Waals surface area (Å²) in [6.45, 7) is 2.44. The topological polar surface area (TPSA) is 78.7 Å². The summed E-state index contributed by atoms with van der Waals surface area (Å²) in [6, 6.07) is 2.07. The van der Waals surface area contributed by atoms with Gasteiger partial charge in [-0.05, 0) is 42.3 Å². The van der Waals surface area contributed by atoms with Gasteiger partial charge in [0, 0.05) is 25.6 Å². The van der Waals surface area contributed by atoms with Gasteiger partial charge in [-0.3, -0.25) is 19.9 Å². The highest BCUT2D eigenvalue weighted by Gasteiger charge is 2.27. The van der Waals surface area contributed by atoms with Crippen LogP contribution in [0.2, 0.25) is 0 Å². The molecule has 0 aromatic carbocycles. The Morgan fingerprint density at radius 3 is 2.76 bits per heavy atom. The molecule has 0 bridgehead atoms. The summed E-state index contributed by atoms with van der Waals surface area (Å²) in [6.07, 6.45) is 1.37. The number of nitrogens with zero attached hydrogens (tertiary/aromatic N) is 2. The van der Waals surface area contributed by atoms with Gasteiger partial charge in [-0.15, -0.1) is 0 Å². The number of likely N-dealkylation sites (tertiary alicyclic amines) is 1. The van der Waals surface area contributed by atoms with Crippen LogP contribution < -0.4 is 11.3 Å². The maximum Gasteiger partial charge on any atom is 0.237 e. The lowest BCUT2D eigenvalue weighted by Crippen LogP contribution is -2.46. The minimum Gasteiger partial charge on any atom is -0.342 e. The molecule has 0 aliphatic carbocycles. The number of likely N-dealkylation sites (N-methyl/N-ethyl adjacent to an activating group) is 1. The third kappa shape index (κ3) is 4.52. The van der Waals surface area contributed by atoms with Crippen molar-refractivity contribution in [1.82, 2.24) is 15.2 Å². The molecule has 1 saturated heterocycles. The zero-order valence-electron chi connectivity index (χ0n) is 12.2. The second-order valence-corrected chi connectivity index (χ2v) is 6.25. The summed E-state index contributed by atoms with van der Waals surface area (Å²) < 4.78 is 0. The van der Waals surface area contributed by atoms with Crippen molar-refractivity contribution in [3.63, 3.8) is 0 Å². The van der Waals surface area contributed by atoms with Gasteiger partial charge in [0.2, 0.25) is 11.8 Å². The maximum absolute atomic E-state index is 12.2. The summed E-state index contributed by atoms with van der Waals surface area (Å²) in [7, 11) is 1.95. The number of carbonyl (C=O) groups is 2. The van der Waals surface area contributed by atoms with Crippen molar-refractivity contribution in [3.8, 4) is 0 Å². The Balaban J connectivity index is 1.75. The molecule has 116 valence electrons. The van der Waals surface area contributed by atoms with Gasteiger partial charge in [0.1, 0.15) is 0 Å². The van der Waals surface area contributed by atoms with Crippen LogP contribution in [0.4, 0.5) is 0 Å². The fourth-order valence-corrected chi connectivity index (χ4v) is 3.25. The Hall–Kier alpha value is -1.44. The summed E-state index contributed by atoms with van der Waals surface area (Å²) in [5.74, 6) is 5.07. The quantitative estimate of drug-likeness (QED) is 0.469. The molecule has 2 amide bonds. The van der Waals surface area contributed by atoms with Gasteiger partial charge in [-0.25, -0.2) is 5.84 Å². The van der Waals surface area contributed by atoms with E-state index in [1.165, 1.54) is 5.56 Å². The van der Waals surface area contributed by atoms with E-state index in [0.717, 1.165) is 6.54 Å². The third-order valence-corrected chi connectivity index (χ3v) is 4.53. The molecule has 1 aliphatic rings. The molecule has 1 fully saturated rings. The van der Waals surface area contributed by atoms with Crippen LogP contribution in [0.25, 0.3) is 0 Å². The van der Waals surface area contributed by atoms with E-state index in [1.807, 2.05) is 22.2 Å². The number of nitrogens with two attached hydrogens (primary N) is 1. The van der Waals surface area contributed by atoms with Crippen LogP contribution in [0.15, 0.2) is 16.8 Å². The monoisotopic (exact) mass is 310 g/mol. The number of hydrazine groups is 1. The molecular formula is C14H22N4O2S. The van der Waals surface area contributed by atoms with E-state index < -0.39 is 0 Å². The van der Waals surface area contributed by atoms with E-state index in [2.05, 4.69) is 16.9 Å². The average molecular weight is 310 g/mol. The number of hydrogen-bond acceptors (Lipinski definition) is 5. The Morgan fingerprint density at radius 1 is 1.48 bits per heavy atom. The number of piperidine rings is 1. The van der Waals surface area contributed by atoms with Gasteiger partial charge in [0.15, 0.2) is 0 Å². The Labute approximate surface area is 128 Å². The highest BCUT2D eigenvalue weighted by Crippen LogP contribution is 2.17. The summed E-state index contributed by atoms with van der Waals surface area (Å²) >= 11 is 1.66. The largest absolute Gasteiger partial charge is 0.342 e. The number of rotatable bonds is 5. The Kier molecular flexibility index (Phi) is 5.72. The van der Waals surface area contributed by atoms with Gasteiger partial charge >= 0.3 is 0 Å². The minimum absolute atomic E-state index is 0.0671. The van der Waals surface area contributed by atoms with E-state index in [1.54, 1.807) is 11.3 Å². The highest BCUT2D eigenvalue weighted by atomic mass is 32.1. The molecule has 2 rings (SSSR count). The molecule has 6 nitrogen and oxygen atoms in total. The molecule has 0 atom stereocenters. The molecule has 1 aliphatic heterocycles. The van der Waals surface area contributed by atoms with Crippen LogP contribution in [0.1, 0.15) is 18.4 Å². The predicted molar refractivity (Wildman–Crippen MR) is 82.3 cm³/mol. The van der Waals surface area contributed by atoms with Crippen molar-refractivity contribution in [3.05, 3.63) is 22.4 Å². The summed E-state index contributed by atoms with van der Waals surface area (Å²) in [5, 5.41) is 4.14. The van der Waals surface area contributed by atoms with Crippen LogP contribution in [0.5, 0.6) is 0 Å². The number of carbonyl (C=O) groups excluding carboxylic acids is 2. The first kappa shape index (κ1) is 15.9. The van der Waals surface area contributed by atoms with Gasteiger partial charge in [0.25, 0.3) is 0 Å². The van der Waals surface area contributed by atoms with E-state index in [-0.39, 0.29) is 17.7 Å². The molecule has 1 aromatic heterocycles. The van der Waals surface area contributed by atoms with Crippen LogP contribution >= 0.6 is 11.3 Å². The first-order valence-corrected chi connectivity index (χ1v) is 8.02. The van der Waals surface area contributed by atoms with Crippen molar-refractivity contribution in [1.29, 1.82) is 0 Å². The molecule has 0 saturated carbocycles. The van der Waals surface area contributed by atoms with Gasteiger partial charge in [-0.2, -0.15) is 11.3 Å². The van der Waals surface area contributed by atoms with Gasteiger partial charge in [-0.1, -0.05) is 0 Å². The number of nitrogens with one attached hydrogen (secondary N) is 1. The molecule has 21 heavy (non-hydrogen) atoms. The second kappa shape index (κ2) is 7.53. The Morgan fingerprint density at radius 2 is 2.19 bits per heavy atom. The van der Waals surface area contributed by atoms with Crippen molar-refractivity contribution in [2.24, 2.45) is 11.8 Å². The lowest BCUT2D eigenvalue weighted by molar-refractivity contribution is -0.136. The molecule has 2 heterocycles. The molecule has 7 heteroatoms. The SMILES string of the molecule is CN(CC(=O)N1CCC(C(=O)NN)CC1)Cc1ccsc1. The van der Waals surface area contributed by atoms with Gasteiger partial charge < -0.3 is 4.90 Å². The molecule has 0 spiro atoms. The Bertz CT molecular complexity index is 469. The van der Waals surface area contributed by atoms with Crippen molar-refractivity contribution in [2.75, 3.05) is 26.7 Å².